The number of hydrogen-bond acceptors (Lipinski definition) is 5. The van der Waals surface area contributed by atoms with Crippen LogP contribution in [0.1, 0.15) is 11.1 Å². The Labute approximate surface area is 207 Å². The first kappa shape index (κ1) is 23.4. The summed E-state index contributed by atoms with van der Waals surface area (Å²) >= 11 is 11.1. The molecule has 0 atom stereocenters. The van der Waals surface area contributed by atoms with Crippen molar-refractivity contribution >= 4 is 62.1 Å². The van der Waals surface area contributed by atoms with Gasteiger partial charge < -0.3 is 14.8 Å². The van der Waals surface area contributed by atoms with Crippen LogP contribution < -0.4 is 14.8 Å². The number of ether oxygens (including phenoxy) is 2. The first-order valence-electron chi connectivity index (χ1n) is 9.71. The Kier molecular flexibility index (Phi) is 7.37. The van der Waals surface area contributed by atoms with E-state index in [9.17, 15) is 9.18 Å². The van der Waals surface area contributed by atoms with Crippen molar-refractivity contribution < 1.29 is 18.7 Å². The van der Waals surface area contributed by atoms with Gasteiger partial charge in [0, 0.05) is 0 Å². The molecule has 0 unspecified atom stereocenters. The highest BCUT2D eigenvalue weighted by Gasteiger charge is 2.24. The number of halogens is 3. The summed E-state index contributed by atoms with van der Waals surface area (Å²) in [6, 6.07) is 16.8. The fraction of sp³-hybridized carbons (Fsp3) is 0.0833. The first-order chi connectivity index (χ1) is 15.9. The molecule has 168 valence electrons. The van der Waals surface area contributed by atoms with Crippen molar-refractivity contribution in [2.24, 2.45) is 4.99 Å². The highest BCUT2D eigenvalue weighted by atomic mass is 79.9. The maximum Gasteiger partial charge on any atom is 0.264 e. The van der Waals surface area contributed by atoms with Gasteiger partial charge in [0.25, 0.3) is 5.91 Å². The van der Waals surface area contributed by atoms with Gasteiger partial charge in [0.2, 0.25) is 0 Å². The maximum atomic E-state index is 13.1. The van der Waals surface area contributed by atoms with Gasteiger partial charge in [0.1, 0.15) is 18.2 Å². The van der Waals surface area contributed by atoms with E-state index in [0.29, 0.717) is 31.0 Å². The van der Waals surface area contributed by atoms with Crippen LogP contribution >= 0.6 is 39.3 Å². The minimum Gasteiger partial charge on any atom is -0.497 e. The Morgan fingerprint density at radius 1 is 1.15 bits per heavy atom. The predicted octanol–water partition coefficient (Wildman–Crippen LogP) is 6.72. The number of carbonyl (C=O) groups is 1. The number of rotatable bonds is 6. The molecule has 1 amide bonds. The van der Waals surface area contributed by atoms with Crippen LogP contribution in [0.3, 0.4) is 0 Å². The number of methoxy groups -OCH3 is 1. The monoisotopic (exact) mass is 546 g/mol. The highest BCUT2D eigenvalue weighted by Crippen LogP contribution is 2.37. The van der Waals surface area contributed by atoms with Crippen LogP contribution in [0.2, 0.25) is 5.02 Å². The van der Waals surface area contributed by atoms with Crippen LogP contribution in [-0.2, 0) is 11.4 Å². The molecule has 9 heteroatoms. The largest absolute Gasteiger partial charge is 0.497 e. The molecule has 0 aromatic heterocycles. The zero-order chi connectivity index (χ0) is 23.4. The fourth-order valence-electron chi connectivity index (χ4n) is 2.94. The second-order valence-electron chi connectivity index (χ2n) is 6.91. The molecule has 0 saturated carbocycles. The molecule has 1 aliphatic heterocycles. The Hall–Kier alpha value is -2.81. The Morgan fingerprint density at radius 2 is 1.88 bits per heavy atom. The topological polar surface area (TPSA) is 59.9 Å². The van der Waals surface area contributed by atoms with Crippen LogP contribution in [0.25, 0.3) is 6.08 Å². The number of thioether (sulfide) groups is 1. The van der Waals surface area contributed by atoms with E-state index in [1.54, 1.807) is 43.5 Å². The van der Waals surface area contributed by atoms with Gasteiger partial charge in [-0.15, -0.1) is 0 Å². The molecule has 33 heavy (non-hydrogen) atoms. The van der Waals surface area contributed by atoms with Crippen molar-refractivity contribution in [1.29, 1.82) is 0 Å². The lowest BCUT2D eigenvalue weighted by Crippen LogP contribution is -2.19. The van der Waals surface area contributed by atoms with Gasteiger partial charge in [0.15, 0.2) is 10.9 Å². The van der Waals surface area contributed by atoms with Gasteiger partial charge in [0.05, 0.1) is 27.2 Å². The summed E-state index contributed by atoms with van der Waals surface area (Å²) in [5.41, 5.74) is 2.24. The molecular formula is C24H17BrClFN2O3S. The van der Waals surface area contributed by atoms with Crippen molar-refractivity contribution in [2.45, 2.75) is 6.61 Å². The maximum absolute atomic E-state index is 13.1. The highest BCUT2D eigenvalue weighted by molar-refractivity contribution is 9.10. The van der Waals surface area contributed by atoms with Crippen molar-refractivity contribution in [3.63, 3.8) is 0 Å². The quantitative estimate of drug-likeness (QED) is 0.348. The van der Waals surface area contributed by atoms with E-state index in [-0.39, 0.29) is 18.3 Å². The number of benzene rings is 3. The lowest BCUT2D eigenvalue weighted by molar-refractivity contribution is -0.115. The molecule has 0 aliphatic carbocycles. The van der Waals surface area contributed by atoms with Gasteiger partial charge in [-0.3, -0.25) is 4.79 Å². The van der Waals surface area contributed by atoms with Crippen LogP contribution in [0.4, 0.5) is 10.1 Å². The van der Waals surface area contributed by atoms with Gasteiger partial charge >= 0.3 is 0 Å². The lowest BCUT2D eigenvalue weighted by atomic mass is 10.2. The number of amides is 1. The minimum atomic E-state index is -0.304. The summed E-state index contributed by atoms with van der Waals surface area (Å²) in [6.07, 6.45) is 1.73. The summed E-state index contributed by atoms with van der Waals surface area (Å²) in [4.78, 5) is 17.3. The molecule has 1 heterocycles. The summed E-state index contributed by atoms with van der Waals surface area (Å²) in [5.74, 6) is 0.654. The SMILES string of the molecule is COc1ccc(N=C2NC(=O)/C(=C\c3cc(Cl)c(OCc4ccc(F)cc4)c(Br)c3)S2)cc1. The van der Waals surface area contributed by atoms with Crippen molar-refractivity contribution in [2.75, 3.05) is 7.11 Å². The minimum absolute atomic E-state index is 0.239. The molecule has 1 saturated heterocycles. The molecule has 1 fully saturated rings. The molecule has 0 spiro atoms. The van der Waals surface area contributed by atoms with E-state index < -0.39 is 0 Å². The average molecular weight is 548 g/mol. The van der Waals surface area contributed by atoms with Crippen LogP contribution in [0.5, 0.6) is 11.5 Å². The Morgan fingerprint density at radius 3 is 2.55 bits per heavy atom. The van der Waals surface area contributed by atoms with Crippen LogP contribution in [-0.4, -0.2) is 18.2 Å². The molecule has 5 nitrogen and oxygen atoms in total. The van der Waals surface area contributed by atoms with Crippen LogP contribution in [0, 0.1) is 5.82 Å². The zero-order valence-corrected chi connectivity index (χ0v) is 20.4. The molecule has 0 bridgehead atoms. The molecule has 1 N–H and O–H groups in total. The van der Waals surface area contributed by atoms with Gasteiger partial charge in [-0.25, -0.2) is 9.38 Å². The second kappa shape index (κ2) is 10.4. The van der Waals surface area contributed by atoms with E-state index in [2.05, 4.69) is 26.2 Å². The standard InChI is InChI=1S/C24H17BrClFN2O3S/c1-31-18-8-6-17(7-9-18)28-24-29-23(30)21(33-24)12-15-10-19(25)22(20(26)11-15)32-13-14-2-4-16(27)5-3-14/h2-12H,13H2,1H3,(H,28,29,30)/b21-12+. The van der Waals surface area contributed by atoms with Crippen molar-refractivity contribution in [3.05, 3.63) is 92.0 Å². The van der Waals surface area contributed by atoms with E-state index in [0.717, 1.165) is 16.9 Å². The van der Waals surface area contributed by atoms with Crippen molar-refractivity contribution in [3.8, 4) is 11.5 Å². The summed E-state index contributed by atoms with van der Waals surface area (Å²) < 4.78 is 24.6. The summed E-state index contributed by atoms with van der Waals surface area (Å²) in [5, 5.41) is 3.63. The molecular weight excluding hydrogens is 531 g/mol. The van der Waals surface area contributed by atoms with E-state index in [1.165, 1.54) is 23.9 Å². The van der Waals surface area contributed by atoms with Gasteiger partial charge in [-0.1, -0.05) is 23.7 Å². The molecule has 1 aliphatic rings. The number of nitrogens with zero attached hydrogens (tertiary/aromatic N) is 1. The second-order valence-corrected chi connectivity index (χ2v) is 9.20. The molecule has 3 aromatic carbocycles. The first-order valence-corrected chi connectivity index (χ1v) is 11.7. The van der Waals surface area contributed by atoms with Crippen LogP contribution in [0.15, 0.2) is 75.0 Å². The van der Waals surface area contributed by atoms with E-state index in [1.807, 2.05) is 18.2 Å². The van der Waals surface area contributed by atoms with Gasteiger partial charge in [-0.2, -0.15) is 0 Å². The average Bonchev–Trinajstić information content (AvgIpc) is 3.13. The number of amidine groups is 1. The van der Waals surface area contributed by atoms with Crippen molar-refractivity contribution in [1.82, 2.24) is 5.32 Å². The third-order valence-electron chi connectivity index (χ3n) is 4.57. The third kappa shape index (κ3) is 5.96. The fourth-order valence-corrected chi connectivity index (χ4v) is 4.77. The lowest BCUT2D eigenvalue weighted by Gasteiger charge is -2.11. The normalized spacial score (nSPS) is 15.7. The summed E-state index contributed by atoms with van der Waals surface area (Å²) in [6.45, 7) is 0.239. The number of aliphatic imine (C=N–C) groups is 1. The molecule has 3 aromatic rings. The molecule has 4 rings (SSSR count). The number of hydrogen-bond donors (Lipinski definition) is 1. The predicted molar refractivity (Wildman–Crippen MR) is 134 cm³/mol. The Bertz CT molecular complexity index is 1220. The van der Waals surface area contributed by atoms with E-state index >= 15 is 0 Å². The smallest absolute Gasteiger partial charge is 0.264 e. The zero-order valence-electron chi connectivity index (χ0n) is 17.3. The van der Waals surface area contributed by atoms with E-state index in [4.69, 9.17) is 21.1 Å². The number of carbonyl (C=O) groups excluding carboxylic acids is 1. The third-order valence-corrected chi connectivity index (χ3v) is 6.35. The van der Waals surface area contributed by atoms with Gasteiger partial charge in [-0.05, 0) is 93.4 Å². The number of nitrogens with one attached hydrogen (secondary N) is 1. The Balaban J connectivity index is 1.48. The molecule has 0 radical (unpaired) electrons. The summed E-state index contributed by atoms with van der Waals surface area (Å²) in [7, 11) is 1.60.